The van der Waals surface area contributed by atoms with E-state index >= 15 is 0 Å². The van der Waals surface area contributed by atoms with Crippen LogP contribution in [0.2, 0.25) is 0 Å². The Morgan fingerprint density at radius 3 is 2.42 bits per heavy atom. The van der Waals surface area contributed by atoms with E-state index < -0.39 is 29.2 Å². The maximum absolute atomic E-state index is 14.1. The maximum atomic E-state index is 14.1. The molecule has 0 fully saturated rings. The van der Waals surface area contributed by atoms with Gasteiger partial charge in [0.15, 0.2) is 17.3 Å². The van der Waals surface area contributed by atoms with Crippen molar-refractivity contribution in [2.45, 2.75) is 6.18 Å². The van der Waals surface area contributed by atoms with Crippen molar-refractivity contribution in [2.24, 2.45) is 0 Å². The fraction of sp³-hybridized carbons (Fsp3) is 0.0455. The number of fused-ring (bicyclic) bond motifs is 1. The van der Waals surface area contributed by atoms with Crippen LogP contribution in [0.1, 0.15) is 21.6 Å². The van der Waals surface area contributed by atoms with E-state index in [9.17, 15) is 27.6 Å². The highest BCUT2D eigenvalue weighted by Gasteiger charge is 2.39. The number of pyridine rings is 2. The Balaban J connectivity index is 1.54. The molecule has 4 aromatic heterocycles. The summed E-state index contributed by atoms with van der Waals surface area (Å²) < 4.78 is 56.2. The first-order chi connectivity index (χ1) is 17.3. The molecule has 0 aliphatic heterocycles. The van der Waals surface area contributed by atoms with Crippen LogP contribution in [-0.4, -0.2) is 40.6 Å². The third-order valence-corrected chi connectivity index (χ3v) is 5.02. The van der Waals surface area contributed by atoms with Crippen molar-refractivity contribution in [3.8, 4) is 17.7 Å². The minimum absolute atomic E-state index is 0.0299. The molecule has 1 amide bonds. The van der Waals surface area contributed by atoms with Gasteiger partial charge in [0.2, 0.25) is 0 Å². The molecule has 0 saturated carbocycles. The van der Waals surface area contributed by atoms with Gasteiger partial charge in [0, 0.05) is 17.0 Å². The molecule has 14 heteroatoms. The van der Waals surface area contributed by atoms with Crippen LogP contribution in [0.5, 0.6) is 0 Å². The number of benzene rings is 1. The second kappa shape index (κ2) is 8.55. The van der Waals surface area contributed by atoms with Crippen molar-refractivity contribution in [1.29, 1.82) is 5.26 Å². The Kier molecular flexibility index (Phi) is 5.36. The predicted molar refractivity (Wildman–Crippen MR) is 116 cm³/mol. The van der Waals surface area contributed by atoms with Gasteiger partial charge in [-0.3, -0.25) is 4.79 Å². The summed E-state index contributed by atoms with van der Waals surface area (Å²) >= 11 is 0. The lowest BCUT2D eigenvalue weighted by Crippen LogP contribution is -2.18. The standard InChI is InChI=1S/C22H11F4N9O/c23-17-10-29-20(15-4-2-1-3-14(15)17)34-11-16(18(33-34)22(24,25)26)21(36)32-13-7-12(8-27)19(28-9-13)35-30-5-6-31-35/h1-7,9-11H,(H,32,36). The number of hydrogen-bond donors (Lipinski definition) is 1. The van der Waals surface area contributed by atoms with Crippen LogP contribution in [-0.2, 0) is 6.18 Å². The molecule has 0 saturated heterocycles. The summed E-state index contributed by atoms with van der Waals surface area (Å²) in [5.41, 5.74) is -2.36. The summed E-state index contributed by atoms with van der Waals surface area (Å²) in [7, 11) is 0. The van der Waals surface area contributed by atoms with E-state index in [1.807, 2.05) is 6.07 Å². The Morgan fingerprint density at radius 2 is 1.72 bits per heavy atom. The van der Waals surface area contributed by atoms with Crippen molar-refractivity contribution in [2.75, 3.05) is 5.32 Å². The molecule has 0 aliphatic carbocycles. The highest BCUT2D eigenvalue weighted by molar-refractivity contribution is 6.05. The number of amides is 1. The zero-order chi connectivity index (χ0) is 25.4. The zero-order valence-electron chi connectivity index (χ0n) is 17.8. The summed E-state index contributed by atoms with van der Waals surface area (Å²) in [4.78, 5) is 21.8. The summed E-state index contributed by atoms with van der Waals surface area (Å²) in [5, 5.41) is 23.3. The fourth-order valence-corrected chi connectivity index (χ4v) is 3.47. The minimum atomic E-state index is -4.99. The van der Waals surface area contributed by atoms with Gasteiger partial charge in [-0.2, -0.15) is 33.7 Å². The van der Waals surface area contributed by atoms with Gasteiger partial charge in [-0.15, -0.1) is 4.80 Å². The Morgan fingerprint density at radius 1 is 1.03 bits per heavy atom. The molecule has 0 bridgehead atoms. The predicted octanol–water partition coefficient (Wildman–Crippen LogP) is 3.68. The molecule has 5 aromatic rings. The topological polar surface area (TPSA) is 127 Å². The number of rotatable bonds is 4. The molecule has 0 unspecified atom stereocenters. The van der Waals surface area contributed by atoms with Crippen LogP contribution < -0.4 is 5.32 Å². The number of nitrogens with zero attached hydrogens (tertiary/aromatic N) is 8. The largest absolute Gasteiger partial charge is 0.435 e. The first-order valence-electron chi connectivity index (χ1n) is 10.0. The molecule has 5 rings (SSSR count). The molecule has 4 heterocycles. The van der Waals surface area contributed by atoms with E-state index in [4.69, 9.17) is 0 Å². The van der Waals surface area contributed by atoms with E-state index in [1.54, 1.807) is 12.1 Å². The third kappa shape index (κ3) is 3.98. The highest BCUT2D eigenvalue weighted by atomic mass is 19.4. The fourth-order valence-electron chi connectivity index (χ4n) is 3.47. The number of anilines is 1. The first kappa shape index (κ1) is 22.6. The molecule has 1 aromatic carbocycles. The number of nitrogens with one attached hydrogen (secondary N) is 1. The number of hydrogen-bond acceptors (Lipinski definition) is 7. The highest BCUT2D eigenvalue weighted by Crippen LogP contribution is 2.33. The number of aromatic nitrogens is 7. The van der Waals surface area contributed by atoms with Gasteiger partial charge in [0.1, 0.15) is 17.4 Å². The van der Waals surface area contributed by atoms with Crippen molar-refractivity contribution >= 4 is 22.4 Å². The van der Waals surface area contributed by atoms with Gasteiger partial charge in [-0.25, -0.2) is 19.0 Å². The summed E-state index contributed by atoms with van der Waals surface area (Å²) in [5.74, 6) is -1.85. The van der Waals surface area contributed by atoms with Gasteiger partial charge in [-0.1, -0.05) is 24.3 Å². The molecule has 1 N–H and O–H groups in total. The second-order valence-corrected chi connectivity index (χ2v) is 7.29. The molecule has 178 valence electrons. The van der Waals surface area contributed by atoms with E-state index in [0.717, 1.165) is 28.1 Å². The summed E-state index contributed by atoms with van der Waals surface area (Å²) in [6.07, 6.45) is 0.606. The van der Waals surface area contributed by atoms with Crippen LogP contribution in [0.3, 0.4) is 0 Å². The van der Waals surface area contributed by atoms with Crippen LogP contribution in [0.15, 0.2) is 61.3 Å². The van der Waals surface area contributed by atoms with Crippen LogP contribution >= 0.6 is 0 Å². The zero-order valence-corrected chi connectivity index (χ0v) is 17.8. The van der Waals surface area contributed by atoms with Crippen LogP contribution in [0.25, 0.3) is 22.4 Å². The quantitative estimate of drug-likeness (QED) is 0.379. The molecule has 0 aliphatic rings. The summed E-state index contributed by atoms with van der Waals surface area (Å²) in [6, 6.07) is 9.14. The molecule has 36 heavy (non-hydrogen) atoms. The number of nitriles is 1. The normalized spacial score (nSPS) is 11.4. The van der Waals surface area contributed by atoms with Crippen molar-refractivity contribution in [1.82, 2.24) is 34.7 Å². The Bertz CT molecular complexity index is 1650. The third-order valence-electron chi connectivity index (χ3n) is 5.02. The van der Waals surface area contributed by atoms with Crippen LogP contribution in [0, 0.1) is 17.1 Å². The number of alkyl halides is 3. The van der Waals surface area contributed by atoms with Gasteiger partial charge >= 0.3 is 6.18 Å². The van der Waals surface area contributed by atoms with Gasteiger partial charge < -0.3 is 5.32 Å². The Labute approximate surface area is 198 Å². The van der Waals surface area contributed by atoms with Crippen molar-refractivity contribution < 1.29 is 22.4 Å². The van der Waals surface area contributed by atoms with E-state index in [1.165, 1.54) is 30.6 Å². The van der Waals surface area contributed by atoms with Crippen molar-refractivity contribution in [3.05, 3.63) is 84.0 Å². The van der Waals surface area contributed by atoms with E-state index in [-0.39, 0.29) is 33.7 Å². The van der Waals surface area contributed by atoms with E-state index in [2.05, 4.69) is 30.6 Å². The monoisotopic (exact) mass is 493 g/mol. The molecule has 0 radical (unpaired) electrons. The second-order valence-electron chi connectivity index (χ2n) is 7.29. The number of carbonyl (C=O) groups is 1. The first-order valence-corrected chi connectivity index (χ1v) is 10.0. The number of halogens is 4. The SMILES string of the molecule is N#Cc1cc(NC(=O)c2cn(-c3ncc(F)c4ccccc34)nc2C(F)(F)F)cnc1-n1nccn1. The molecule has 0 spiro atoms. The Hall–Kier alpha value is -5.19. The maximum Gasteiger partial charge on any atom is 0.435 e. The van der Waals surface area contributed by atoms with E-state index in [0.29, 0.717) is 0 Å². The molecule has 10 nitrogen and oxygen atoms in total. The van der Waals surface area contributed by atoms with Crippen LogP contribution in [0.4, 0.5) is 23.2 Å². The summed E-state index contributed by atoms with van der Waals surface area (Å²) in [6.45, 7) is 0. The lowest BCUT2D eigenvalue weighted by molar-refractivity contribution is -0.141. The molecule has 0 atom stereocenters. The molecular weight excluding hydrogens is 482 g/mol. The molecular formula is C22H11F4N9O. The lowest BCUT2D eigenvalue weighted by Gasteiger charge is -2.08. The van der Waals surface area contributed by atoms with Gasteiger partial charge in [0.05, 0.1) is 36.0 Å². The van der Waals surface area contributed by atoms with Gasteiger partial charge in [0.25, 0.3) is 5.91 Å². The average Bonchev–Trinajstić information content (AvgIpc) is 3.55. The van der Waals surface area contributed by atoms with Crippen molar-refractivity contribution in [3.63, 3.8) is 0 Å². The van der Waals surface area contributed by atoms with Gasteiger partial charge in [-0.05, 0) is 6.07 Å². The lowest BCUT2D eigenvalue weighted by atomic mass is 10.1. The number of carbonyl (C=O) groups excluding carboxylic acids is 1. The average molecular weight is 493 g/mol. The minimum Gasteiger partial charge on any atom is -0.320 e. The smallest absolute Gasteiger partial charge is 0.320 e.